The molecule has 5 heteroatoms. The molecule has 0 aromatic carbocycles. The fraction of sp³-hybridized carbons (Fsp3) is 0.538. The summed E-state index contributed by atoms with van der Waals surface area (Å²) in [5.41, 5.74) is 0.650. The molecule has 1 amide bonds. The minimum absolute atomic E-state index is 0.0731. The molecule has 18 heavy (non-hydrogen) atoms. The maximum Gasteiger partial charge on any atom is 0.255 e. The Labute approximate surface area is 114 Å². The number of rotatable bonds is 1. The maximum atomic E-state index is 12.5. The minimum Gasteiger partial charge on any atom is -0.374 e. The van der Waals surface area contributed by atoms with Gasteiger partial charge < -0.3 is 9.64 Å². The zero-order valence-electron chi connectivity index (χ0n) is 10.0. The SMILES string of the molecule is O=C(c1cncc(Br)c1)N1CCOC2CCCC21. The van der Waals surface area contributed by atoms with Crippen LogP contribution < -0.4 is 0 Å². The zero-order chi connectivity index (χ0) is 12.5. The number of fused-ring (bicyclic) bond motifs is 1. The zero-order valence-corrected chi connectivity index (χ0v) is 11.6. The number of halogens is 1. The van der Waals surface area contributed by atoms with Crippen molar-refractivity contribution in [3.05, 3.63) is 28.5 Å². The van der Waals surface area contributed by atoms with Crippen LogP contribution in [0.5, 0.6) is 0 Å². The highest BCUT2D eigenvalue weighted by atomic mass is 79.9. The number of ether oxygens (including phenoxy) is 1. The molecule has 2 atom stereocenters. The number of pyridine rings is 1. The van der Waals surface area contributed by atoms with Crippen LogP contribution >= 0.6 is 15.9 Å². The third-order valence-corrected chi connectivity index (χ3v) is 4.13. The average molecular weight is 311 g/mol. The van der Waals surface area contributed by atoms with Crippen molar-refractivity contribution in [1.82, 2.24) is 9.88 Å². The first-order valence-electron chi connectivity index (χ1n) is 6.29. The van der Waals surface area contributed by atoms with E-state index in [2.05, 4.69) is 20.9 Å². The first-order valence-corrected chi connectivity index (χ1v) is 7.08. The van der Waals surface area contributed by atoms with Gasteiger partial charge in [-0.2, -0.15) is 0 Å². The highest BCUT2D eigenvalue weighted by Gasteiger charge is 2.38. The second-order valence-corrected chi connectivity index (χ2v) is 5.71. The van der Waals surface area contributed by atoms with Gasteiger partial charge in [0.15, 0.2) is 0 Å². The fourth-order valence-electron chi connectivity index (χ4n) is 2.87. The summed E-state index contributed by atoms with van der Waals surface area (Å²) in [6.45, 7) is 1.33. The molecule has 3 rings (SSSR count). The summed E-state index contributed by atoms with van der Waals surface area (Å²) < 4.78 is 6.56. The van der Waals surface area contributed by atoms with Gasteiger partial charge in [-0.05, 0) is 41.3 Å². The molecule has 96 valence electrons. The summed E-state index contributed by atoms with van der Waals surface area (Å²) in [6.07, 6.45) is 6.84. The van der Waals surface area contributed by atoms with E-state index < -0.39 is 0 Å². The van der Waals surface area contributed by atoms with E-state index in [1.807, 2.05) is 11.0 Å². The van der Waals surface area contributed by atoms with E-state index in [1.165, 1.54) is 0 Å². The van der Waals surface area contributed by atoms with Crippen LogP contribution in [-0.4, -0.2) is 41.1 Å². The Hall–Kier alpha value is -0.940. The summed E-state index contributed by atoms with van der Waals surface area (Å²) >= 11 is 3.35. The minimum atomic E-state index is 0.0731. The molecule has 2 fully saturated rings. The van der Waals surface area contributed by atoms with E-state index in [4.69, 9.17) is 4.74 Å². The smallest absolute Gasteiger partial charge is 0.255 e. The highest BCUT2D eigenvalue weighted by molar-refractivity contribution is 9.10. The number of carbonyl (C=O) groups is 1. The van der Waals surface area contributed by atoms with Gasteiger partial charge in [-0.15, -0.1) is 0 Å². The van der Waals surface area contributed by atoms with Gasteiger partial charge >= 0.3 is 0 Å². The van der Waals surface area contributed by atoms with E-state index in [0.717, 1.165) is 23.7 Å². The standard InChI is InChI=1S/C13H15BrN2O2/c14-10-6-9(7-15-8-10)13(17)16-4-5-18-12-3-1-2-11(12)16/h6-8,11-12H,1-5H2. The van der Waals surface area contributed by atoms with Crippen LogP contribution in [0.25, 0.3) is 0 Å². The summed E-state index contributed by atoms with van der Waals surface area (Å²) in [6, 6.07) is 2.08. The second-order valence-electron chi connectivity index (χ2n) is 4.80. The fourth-order valence-corrected chi connectivity index (χ4v) is 3.24. The Morgan fingerprint density at radius 1 is 1.44 bits per heavy atom. The Morgan fingerprint density at radius 2 is 2.33 bits per heavy atom. The quantitative estimate of drug-likeness (QED) is 0.799. The molecule has 2 unspecified atom stereocenters. The molecule has 1 aliphatic heterocycles. The molecule has 2 aliphatic rings. The largest absolute Gasteiger partial charge is 0.374 e. The van der Waals surface area contributed by atoms with Gasteiger partial charge in [-0.1, -0.05) is 0 Å². The van der Waals surface area contributed by atoms with Crippen LogP contribution in [0.4, 0.5) is 0 Å². The Kier molecular flexibility index (Phi) is 3.35. The lowest BCUT2D eigenvalue weighted by Crippen LogP contribution is -2.51. The van der Waals surface area contributed by atoms with Crippen molar-refractivity contribution in [3.63, 3.8) is 0 Å². The molecule has 0 N–H and O–H groups in total. The third-order valence-electron chi connectivity index (χ3n) is 3.69. The lowest BCUT2D eigenvalue weighted by molar-refractivity contribution is -0.0445. The van der Waals surface area contributed by atoms with Crippen LogP contribution in [-0.2, 0) is 4.74 Å². The van der Waals surface area contributed by atoms with Crippen molar-refractivity contribution in [2.45, 2.75) is 31.4 Å². The molecule has 1 saturated heterocycles. The van der Waals surface area contributed by atoms with Crippen molar-refractivity contribution in [1.29, 1.82) is 0 Å². The molecule has 1 aromatic rings. The number of carbonyl (C=O) groups excluding carboxylic acids is 1. The molecular formula is C13H15BrN2O2. The van der Waals surface area contributed by atoms with Crippen molar-refractivity contribution in [3.8, 4) is 0 Å². The number of morpholine rings is 1. The molecule has 1 saturated carbocycles. The summed E-state index contributed by atoms with van der Waals surface area (Å²) in [7, 11) is 0. The molecule has 0 radical (unpaired) electrons. The number of aromatic nitrogens is 1. The van der Waals surface area contributed by atoms with Crippen LogP contribution in [0.15, 0.2) is 22.9 Å². The Balaban J connectivity index is 1.83. The van der Waals surface area contributed by atoms with Gasteiger partial charge in [0.25, 0.3) is 5.91 Å². The van der Waals surface area contributed by atoms with Crippen LogP contribution in [0, 0.1) is 0 Å². The Bertz CT molecular complexity index is 466. The van der Waals surface area contributed by atoms with Crippen molar-refractivity contribution >= 4 is 21.8 Å². The first kappa shape index (κ1) is 12.1. The van der Waals surface area contributed by atoms with E-state index in [0.29, 0.717) is 18.7 Å². The van der Waals surface area contributed by atoms with Gasteiger partial charge in [-0.3, -0.25) is 9.78 Å². The predicted molar refractivity (Wildman–Crippen MR) is 70.4 cm³/mol. The first-order chi connectivity index (χ1) is 8.75. The van der Waals surface area contributed by atoms with Crippen molar-refractivity contribution in [2.24, 2.45) is 0 Å². The monoisotopic (exact) mass is 310 g/mol. The van der Waals surface area contributed by atoms with E-state index in [-0.39, 0.29) is 18.1 Å². The van der Waals surface area contributed by atoms with Crippen LogP contribution in [0.3, 0.4) is 0 Å². The lowest BCUT2D eigenvalue weighted by Gasteiger charge is -2.37. The van der Waals surface area contributed by atoms with Crippen LogP contribution in [0.2, 0.25) is 0 Å². The summed E-state index contributed by atoms with van der Waals surface area (Å²) in [5, 5.41) is 0. The predicted octanol–water partition coefficient (Wildman–Crippen LogP) is 2.24. The molecule has 1 aromatic heterocycles. The summed E-state index contributed by atoms with van der Waals surface area (Å²) in [5.74, 6) is 0.0731. The lowest BCUT2D eigenvalue weighted by atomic mass is 10.1. The van der Waals surface area contributed by atoms with Crippen molar-refractivity contribution in [2.75, 3.05) is 13.2 Å². The highest BCUT2D eigenvalue weighted by Crippen LogP contribution is 2.30. The molecular weight excluding hydrogens is 296 g/mol. The maximum absolute atomic E-state index is 12.5. The van der Waals surface area contributed by atoms with Gasteiger partial charge in [0, 0.05) is 23.4 Å². The molecule has 4 nitrogen and oxygen atoms in total. The van der Waals surface area contributed by atoms with Crippen molar-refractivity contribution < 1.29 is 9.53 Å². The van der Waals surface area contributed by atoms with E-state index in [1.54, 1.807) is 12.4 Å². The number of nitrogens with zero attached hydrogens (tertiary/aromatic N) is 2. The van der Waals surface area contributed by atoms with Crippen LogP contribution in [0.1, 0.15) is 29.6 Å². The third kappa shape index (κ3) is 2.17. The summed E-state index contributed by atoms with van der Waals surface area (Å²) in [4.78, 5) is 18.5. The van der Waals surface area contributed by atoms with E-state index >= 15 is 0 Å². The van der Waals surface area contributed by atoms with E-state index in [9.17, 15) is 4.79 Å². The van der Waals surface area contributed by atoms with Gasteiger partial charge in [-0.25, -0.2) is 0 Å². The average Bonchev–Trinajstić information content (AvgIpc) is 2.86. The normalized spacial score (nSPS) is 27.1. The molecule has 2 heterocycles. The van der Waals surface area contributed by atoms with Gasteiger partial charge in [0.1, 0.15) is 0 Å². The topological polar surface area (TPSA) is 42.4 Å². The number of amides is 1. The molecule has 0 bridgehead atoms. The number of hydrogen-bond acceptors (Lipinski definition) is 3. The van der Waals surface area contributed by atoms with Gasteiger partial charge in [0.2, 0.25) is 0 Å². The molecule has 1 aliphatic carbocycles. The van der Waals surface area contributed by atoms with Gasteiger partial charge in [0.05, 0.1) is 24.3 Å². The molecule has 0 spiro atoms. The number of hydrogen-bond donors (Lipinski definition) is 0. The second kappa shape index (κ2) is 4.97. The Morgan fingerprint density at radius 3 is 3.17 bits per heavy atom.